The number of nitrogens with zero attached hydrogens (tertiary/aromatic N) is 4. The first kappa shape index (κ1) is 19.5. The molecule has 0 bridgehead atoms. The molecule has 10 heteroatoms. The van der Waals surface area contributed by atoms with Crippen LogP contribution in [0.4, 0.5) is 10.4 Å². The summed E-state index contributed by atoms with van der Waals surface area (Å²) in [5.41, 5.74) is 1.69. The number of fused-ring (bicyclic) bond motifs is 1. The summed E-state index contributed by atoms with van der Waals surface area (Å²) in [5, 5.41) is 11.0. The predicted octanol–water partition coefficient (Wildman–Crippen LogP) is 4.73. The molecule has 0 saturated heterocycles. The average molecular weight is 430 g/mol. The van der Waals surface area contributed by atoms with Crippen LogP contribution in [0.15, 0.2) is 46.1 Å². The van der Waals surface area contributed by atoms with Crippen LogP contribution in [0.3, 0.4) is 0 Å². The van der Waals surface area contributed by atoms with Crippen LogP contribution in [-0.2, 0) is 4.79 Å². The molecule has 7 nitrogen and oxygen atoms in total. The van der Waals surface area contributed by atoms with Crippen LogP contribution in [0.5, 0.6) is 0 Å². The van der Waals surface area contributed by atoms with E-state index in [1.165, 1.54) is 41.6 Å². The molecule has 0 aliphatic carbocycles. The monoisotopic (exact) mass is 429 g/mol. The second kappa shape index (κ2) is 8.26. The fourth-order valence-corrected chi connectivity index (χ4v) is 4.50. The number of aromatic nitrogens is 4. The van der Waals surface area contributed by atoms with Crippen molar-refractivity contribution in [2.45, 2.75) is 24.8 Å². The summed E-state index contributed by atoms with van der Waals surface area (Å²) in [5.74, 6) is 0.146. The van der Waals surface area contributed by atoms with Crippen LogP contribution < -0.4 is 5.32 Å². The molecular formula is C19H16FN5O2S2. The van der Waals surface area contributed by atoms with Gasteiger partial charge in [-0.3, -0.25) is 10.1 Å². The fourth-order valence-electron chi connectivity index (χ4n) is 2.50. The third kappa shape index (κ3) is 4.43. The van der Waals surface area contributed by atoms with Gasteiger partial charge in [0, 0.05) is 10.8 Å². The van der Waals surface area contributed by atoms with Crippen LogP contribution in [0, 0.1) is 5.82 Å². The van der Waals surface area contributed by atoms with E-state index in [1.54, 1.807) is 12.1 Å². The van der Waals surface area contributed by atoms with E-state index in [-0.39, 0.29) is 29.4 Å². The lowest BCUT2D eigenvalue weighted by Crippen LogP contribution is -2.14. The molecule has 0 atom stereocenters. The Hall–Kier alpha value is -2.85. The normalized spacial score (nSPS) is 11.3. The van der Waals surface area contributed by atoms with Gasteiger partial charge in [-0.15, -0.1) is 16.4 Å². The van der Waals surface area contributed by atoms with Crippen molar-refractivity contribution in [3.05, 3.63) is 48.4 Å². The van der Waals surface area contributed by atoms with Gasteiger partial charge in [-0.1, -0.05) is 42.8 Å². The van der Waals surface area contributed by atoms with E-state index in [9.17, 15) is 9.18 Å². The molecule has 0 saturated carbocycles. The molecule has 3 heterocycles. The Kier molecular flexibility index (Phi) is 5.54. The van der Waals surface area contributed by atoms with E-state index in [4.69, 9.17) is 4.42 Å². The van der Waals surface area contributed by atoms with Gasteiger partial charge in [0.15, 0.2) is 0 Å². The smallest absolute Gasteiger partial charge is 0.322 e. The summed E-state index contributed by atoms with van der Waals surface area (Å²) in [4.78, 5) is 21.8. The van der Waals surface area contributed by atoms with Crippen LogP contribution in [0.1, 0.15) is 25.7 Å². The van der Waals surface area contributed by atoms with Crippen LogP contribution >= 0.6 is 23.1 Å². The minimum atomic E-state index is -0.279. The van der Waals surface area contributed by atoms with E-state index in [2.05, 4.69) is 25.5 Å². The van der Waals surface area contributed by atoms with Gasteiger partial charge in [0.25, 0.3) is 0 Å². The number of hydrogen-bond donors (Lipinski definition) is 1. The van der Waals surface area contributed by atoms with Crippen LogP contribution in [0.2, 0.25) is 0 Å². The molecule has 0 fully saturated rings. The number of thioether (sulfide) groups is 1. The van der Waals surface area contributed by atoms with Gasteiger partial charge in [0.1, 0.15) is 17.2 Å². The maximum Gasteiger partial charge on any atom is 0.322 e. The van der Waals surface area contributed by atoms with Crippen LogP contribution in [0.25, 0.3) is 20.7 Å². The third-order valence-electron chi connectivity index (χ3n) is 3.93. The van der Waals surface area contributed by atoms with Crippen molar-refractivity contribution in [3.63, 3.8) is 0 Å². The predicted molar refractivity (Wildman–Crippen MR) is 111 cm³/mol. The average Bonchev–Trinajstić information content (AvgIpc) is 3.34. The Morgan fingerprint density at radius 2 is 2.03 bits per heavy atom. The lowest BCUT2D eigenvalue weighted by atomic mass is 10.2. The Morgan fingerprint density at radius 3 is 2.76 bits per heavy atom. The molecule has 0 unspecified atom stereocenters. The number of anilines is 1. The van der Waals surface area contributed by atoms with Gasteiger partial charge >= 0.3 is 6.01 Å². The first-order valence-electron chi connectivity index (χ1n) is 8.76. The first-order chi connectivity index (χ1) is 14.0. The molecular weight excluding hydrogens is 413 g/mol. The number of amides is 1. The molecule has 1 N–H and O–H groups in total. The lowest BCUT2D eigenvalue weighted by Gasteiger charge is -2.02. The molecule has 29 heavy (non-hydrogen) atoms. The quantitative estimate of drug-likeness (QED) is 0.350. The van der Waals surface area contributed by atoms with Crippen molar-refractivity contribution < 1.29 is 13.6 Å². The van der Waals surface area contributed by atoms with Gasteiger partial charge in [-0.25, -0.2) is 14.4 Å². The summed E-state index contributed by atoms with van der Waals surface area (Å²) in [6, 6.07) is 8.32. The van der Waals surface area contributed by atoms with E-state index < -0.39 is 0 Å². The molecule has 1 aromatic carbocycles. The number of hydrogen-bond acceptors (Lipinski definition) is 8. The summed E-state index contributed by atoms with van der Waals surface area (Å²) >= 11 is 2.80. The Labute approximate surface area is 173 Å². The largest absolute Gasteiger partial charge is 0.408 e. The first-order valence-corrected chi connectivity index (χ1v) is 10.6. The zero-order valence-electron chi connectivity index (χ0n) is 15.5. The molecule has 3 aromatic heterocycles. The highest BCUT2D eigenvalue weighted by atomic mass is 32.2. The molecule has 0 spiro atoms. The third-order valence-corrected chi connectivity index (χ3v) is 6.23. The number of benzene rings is 1. The van der Waals surface area contributed by atoms with Gasteiger partial charge in [-0.2, -0.15) is 0 Å². The lowest BCUT2D eigenvalue weighted by molar-refractivity contribution is -0.113. The van der Waals surface area contributed by atoms with Gasteiger partial charge in [0.05, 0.1) is 16.0 Å². The highest BCUT2D eigenvalue weighted by Crippen LogP contribution is 2.36. The minimum Gasteiger partial charge on any atom is -0.408 e. The number of carbonyl (C=O) groups is 1. The zero-order chi connectivity index (χ0) is 20.4. The van der Waals surface area contributed by atoms with Gasteiger partial charge < -0.3 is 4.42 Å². The summed E-state index contributed by atoms with van der Waals surface area (Å²) in [6.45, 7) is 3.85. The van der Waals surface area contributed by atoms with E-state index in [0.717, 1.165) is 20.7 Å². The Bertz CT molecular complexity index is 1160. The second-order valence-corrected chi connectivity index (χ2v) is 8.46. The number of halogens is 1. The zero-order valence-corrected chi connectivity index (χ0v) is 17.2. The molecule has 0 aliphatic rings. The molecule has 0 radical (unpaired) electrons. The number of rotatable bonds is 6. The van der Waals surface area contributed by atoms with Crippen molar-refractivity contribution in [2.75, 3.05) is 11.1 Å². The molecule has 4 rings (SSSR count). The SMILES string of the molecule is CC(C)c1nnc(NC(=O)CSc2ncnc3cc(-c4ccc(F)cc4)sc23)o1. The number of carbonyl (C=O) groups excluding carboxylic acids is 1. The Morgan fingerprint density at radius 1 is 1.24 bits per heavy atom. The number of nitrogens with one attached hydrogen (secondary N) is 1. The molecule has 4 aromatic rings. The van der Waals surface area contributed by atoms with Crippen molar-refractivity contribution >= 4 is 45.2 Å². The summed E-state index contributed by atoms with van der Waals surface area (Å²) in [6.07, 6.45) is 1.47. The molecule has 148 valence electrons. The van der Waals surface area contributed by atoms with Crippen molar-refractivity contribution in [1.82, 2.24) is 20.2 Å². The maximum absolute atomic E-state index is 13.2. The Balaban J connectivity index is 1.47. The van der Waals surface area contributed by atoms with Crippen LogP contribution in [-0.4, -0.2) is 31.8 Å². The highest BCUT2D eigenvalue weighted by Gasteiger charge is 2.15. The minimum absolute atomic E-state index is 0.0851. The van der Waals surface area contributed by atoms with Gasteiger partial charge in [0.2, 0.25) is 11.8 Å². The van der Waals surface area contributed by atoms with Crippen molar-refractivity contribution in [3.8, 4) is 10.4 Å². The molecule has 1 amide bonds. The number of thiophene rings is 1. The van der Waals surface area contributed by atoms with E-state index >= 15 is 0 Å². The summed E-state index contributed by atoms with van der Waals surface area (Å²) < 4.78 is 19.4. The van der Waals surface area contributed by atoms with E-state index in [0.29, 0.717) is 10.9 Å². The standard InChI is InChI=1S/C19H16FN5O2S2/c1-10(2)17-24-25-19(27-17)23-15(26)8-28-18-16-13(21-9-22-18)7-14(29-16)11-3-5-12(20)6-4-11/h3-7,9-10H,8H2,1-2H3,(H,23,25,26). The van der Waals surface area contributed by atoms with Crippen molar-refractivity contribution in [1.29, 1.82) is 0 Å². The molecule has 0 aliphatic heterocycles. The highest BCUT2D eigenvalue weighted by molar-refractivity contribution is 8.00. The summed E-state index contributed by atoms with van der Waals surface area (Å²) in [7, 11) is 0. The van der Waals surface area contributed by atoms with E-state index in [1.807, 2.05) is 19.9 Å². The van der Waals surface area contributed by atoms with Gasteiger partial charge in [-0.05, 0) is 23.8 Å². The second-order valence-electron chi connectivity index (χ2n) is 6.45. The van der Waals surface area contributed by atoms with Crippen molar-refractivity contribution in [2.24, 2.45) is 0 Å². The maximum atomic E-state index is 13.2. The topological polar surface area (TPSA) is 93.8 Å². The fraction of sp³-hybridized carbons (Fsp3) is 0.211.